The predicted molar refractivity (Wildman–Crippen MR) is 185 cm³/mol. The maximum absolute atomic E-state index is 14.3. The number of benzene rings is 1. The molecule has 4 heterocycles. The number of carbonyl (C=O) groups is 5. The van der Waals surface area contributed by atoms with E-state index in [1.165, 1.54) is 9.80 Å². The van der Waals surface area contributed by atoms with Gasteiger partial charge in [-0.1, -0.05) is 48.7 Å². The van der Waals surface area contributed by atoms with Crippen molar-refractivity contribution < 1.29 is 46.6 Å². The molecule has 0 radical (unpaired) electrons. The lowest BCUT2D eigenvalue weighted by atomic mass is 10.0. The van der Waals surface area contributed by atoms with Crippen LogP contribution in [-0.4, -0.2) is 103 Å². The molecule has 3 N–H and O–H groups in total. The Morgan fingerprint density at radius 1 is 1.02 bits per heavy atom. The predicted octanol–water partition coefficient (Wildman–Crippen LogP) is 2.65. The van der Waals surface area contributed by atoms with Crippen molar-refractivity contribution in [3.63, 3.8) is 0 Å². The molecule has 2 saturated heterocycles. The van der Waals surface area contributed by atoms with E-state index in [2.05, 4.69) is 15.4 Å². The van der Waals surface area contributed by atoms with Crippen molar-refractivity contribution in [2.75, 3.05) is 19.8 Å². The number of allylic oxidation sites excluding steroid dienone is 1. The van der Waals surface area contributed by atoms with Gasteiger partial charge >= 0.3 is 12.2 Å². The molecule has 2 aliphatic carbocycles. The number of halogens is 1. The van der Waals surface area contributed by atoms with Crippen molar-refractivity contribution in [1.82, 2.24) is 25.2 Å². The molecule has 15 nitrogen and oxygen atoms in total. The fourth-order valence-corrected chi connectivity index (χ4v) is 9.13. The van der Waals surface area contributed by atoms with E-state index >= 15 is 0 Å². The molecule has 6 atom stereocenters. The highest BCUT2D eigenvalue weighted by atomic mass is 35.5. The van der Waals surface area contributed by atoms with Crippen LogP contribution in [0.3, 0.4) is 0 Å². The summed E-state index contributed by atoms with van der Waals surface area (Å²) in [6.07, 6.45) is 5.58. The summed E-state index contributed by atoms with van der Waals surface area (Å²) in [5.74, 6) is -2.53. The van der Waals surface area contributed by atoms with Gasteiger partial charge in [0.25, 0.3) is 5.91 Å². The van der Waals surface area contributed by atoms with Gasteiger partial charge in [-0.3, -0.25) is 24.0 Å². The summed E-state index contributed by atoms with van der Waals surface area (Å²) in [7, 11) is -3.91. The second-order valence-corrected chi connectivity index (χ2v) is 17.0. The van der Waals surface area contributed by atoms with Gasteiger partial charge in [-0.25, -0.2) is 18.0 Å². The summed E-state index contributed by atoms with van der Waals surface area (Å²) in [5, 5.41) is 5.41. The maximum atomic E-state index is 14.3. The molecular weight excluding hydrogens is 718 g/mol. The molecule has 6 aliphatic rings. The lowest BCUT2D eigenvalue weighted by Crippen LogP contribution is -2.58. The minimum atomic E-state index is -3.91. The number of hydrogen-bond acceptors (Lipinski definition) is 10. The zero-order valence-corrected chi connectivity index (χ0v) is 30.3. The number of hydrogen-bond donors (Lipinski definition) is 3. The van der Waals surface area contributed by atoms with Gasteiger partial charge in [0.05, 0.1) is 31.6 Å². The van der Waals surface area contributed by atoms with Gasteiger partial charge in [0.1, 0.15) is 29.8 Å². The minimum absolute atomic E-state index is 0.0833. The summed E-state index contributed by atoms with van der Waals surface area (Å²) in [4.78, 5) is 71.3. The minimum Gasteiger partial charge on any atom is -0.444 e. The standard InChI is InChI=1S/C35H44ClN5O10S/c36-27-9-6-7-21-17-40(19-26(21)27)34(46)51-24-15-29-30(42)38-35(32(44)39-52(47,48)25-11-12-25)16-22(35)8-4-2-1-3-5-10-28(31(43)41(29)18-24)37-33(45)50-23-13-14-49-20-23/h4,6-9,22-25,28-29H,1-3,5,10-20H2,(H,37,45)(H,38,42)(H,39,44)/b8-4-/t22-,23?,24+,28-,29-,35+/m0/s1. The molecular formula is C35H44ClN5O10S. The summed E-state index contributed by atoms with van der Waals surface area (Å²) in [5.41, 5.74) is 0.174. The van der Waals surface area contributed by atoms with Crippen LogP contribution in [0.25, 0.3) is 0 Å². The van der Waals surface area contributed by atoms with Crippen LogP contribution < -0.4 is 15.4 Å². The second kappa shape index (κ2) is 14.9. The Hall–Kier alpha value is -3.89. The Balaban J connectivity index is 1.12. The summed E-state index contributed by atoms with van der Waals surface area (Å²) in [6, 6.07) is 3.19. The smallest absolute Gasteiger partial charge is 0.410 e. The van der Waals surface area contributed by atoms with Crippen molar-refractivity contribution in [2.24, 2.45) is 5.92 Å². The molecule has 17 heteroatoms. The van der Waals surface area contributed by atoms with Gasteiger partial charge in [-0.05, 0) is 55.7 Å². The molecule has 1 aromatic carbocycles. The third kappa shape index (κ3) is 7.88. The third-order valence-electron chi connectivity index (χ3n) is 10.7. The van der Waals surface area contributed by atoms with Crippen molar-refractivity contribution in [2.45, 2.75) is 112 Å². The quantitative estimate of drug-likeness (QED) is 0.364. The van der Waals surface area contributed by atoms with Crippen LogP contribution in [-0.2, 0) is 51.7 Å². The van der Waals surface area contributed by atoms with Crippen LogP contribution in [0.5, 0.6) is 0 Å². The number of sulfonamides is 1. The molecule has 2 saturated carbocycles. The number of alkyl carbamates (subject to hydrolysis) is 1. The lowest BCUT2D eigenvalue weighted by molar-refractivity contribution is -0.141. The Morgan fingerprint density at radius 2 is 1.85 bits per heavy atom. The third-order valence-corrected chi connectivity index (χ3v) is 12.9. The summed E-state index contributed by atoms with van der Waals surface area (Å²) in [6.45, 7) is 1.09. The highest BCUT2D eigenvalue weighted by Crippen LogP contribution is 2.46. The van der Waals surface area contributed by atoms with Gasteiger partial charge < -0.3 is 29.7 Å². The van der Waals surface area contributed by atoms with Crippen LogP contribution in [0, 0.1) is 5.92 Å². The first-order valence-corrected chi connectivity index (χ1v) is 20.0. The number of carbonyl (C=O) groups excluding carboxylic acids is 5. The maximum Gasteiger partial charge on any atom is 0.410 e. The van der Waals surface area contributed by atoms with Gasteiger partial charge in [0.2, 0.25) is 21.8 Å². The van der Waals surface area contributed by atoms with E-state index in [9.17, 15) is 32.4 Å². The van der Waals surface area contributed by atoms with Gasteiger partial charge in [-0.2, -0.15) is 0 Å². The average molecular weight is 762 g/mol. The van der Waals surface area contributed by atoms with Gasteiger partial charge in [0, 0.05) is 30.3 Å². The lowest BCUT2D eigenvalue weighted by Gasteiger charge is -2.30. The first-order valence-electron chi connectivity index (χ1n) is 18.1. The van der Waals surface area contributed by atoms with E-state index in [-0.39, 0.29) is 45.5 Å². The molecule has 1 aromatic rings. The summed E-state index contributed by atoms with van der Waals surface area (Å²) >= 11 is 6.36. The molecule has 4 aliphatic heterocycles. The van der Waals surface area contributed by atoms with E-state index in [0.29, 0.717) is 43.7 Å². The van der Waals surface area contributed by atoms with Crippen LogP contribution in [0.2, 0.25) is 5.02 Å². The molecule has 0 aromatic heterocycles. The van der Waals surface area contributed by atoms with Crippen molar-refractivity contribution in [3.05, 3.63) is 46.5 Å². The first-order chi connectivity index (χ1) is 24.9. The van der Waals surface area contributed by atoms with Crippen molar-refractivity contribution >= 4 is 51.5 Å². The molecule has 5 amide bonds. The van der Waals surface area contributed by atoms with E-state index in [4.69, 9.17) is 25.8 Å². The fourth-order valence-electron chi connectivity index (χ4n) is 7.51. The second-order valence-electron chi connectivity index (χ2n) is 14.6. The molecule has 7 rings (SSSR count). The topological polar surface area (TPSA) is 190 Å². The molecule has 0 spiro atoms. The first kappa shape index (κ1) is 36.5. The van der Waals surface area contributed by atoms with Gasteiger partial charge in [0.15, 0.2) is 0 Å². The number of fused-ring (bicyclic) bond motifs is 3. The largest absolute Gasteiger partial charge is 0.444 e. The number of rotatable bonds is 6. The fraction of sp³-hybridized carbons (Fsp3) is 0.629. The van der Waals surface area contributed by atoms with Crippen LogP contribution in [0.4, 0.5) is 9.59 Å². The van der Waals surface area contributed by atoms with Crippen LogP contribution in [0.1, 0.15) is 75.3 Å². The number of nitrogens with zero attached hydrogens (tertiary/aromatic N) is 2. The monoisotopic (exact) mass is 761 g/mol. The number of ether oxygens (including phenoxy) is 3. The van der Waals surface area contributed by atoms with E-state index < -0.39 is 80.9 Å². The van der Waals surface area contributed by atoms with E-state index in [1.807, 2.05) is 18.2 Å². The normalized spacial score (nSPS) is 31.2. The summed E-state index contributed by atoms with van der Waals surface area (Å²) < 4.78 is 44.4. The zero-order valence-electron chi connectivity index (χ0n) is 28.7. The van der Waals surface area contributed by atoms with Crippen LogP contribution in [0.15, 0.2) is 30.4 Å². The Bertz CT molecular complexity index is 1750. The molecule has 4 fully saturated rings. The van der Waals surface area contributed by atoms with Crippen molar-refractivity contribution in [1.29, 1.82) is 0 Å². The Kier molecular flexibility index (Phi) is 10.4. The Labute approximate surface area is 307 Å². The highest BCUT2D eigenvalue weighted by Gasteiger charge is 2.62. The Morgan fingerprint density at radius 3 is 2.60 bits per heavy atom. The highest BCUT2D eigenvalue weighted by molar-refractivity contribution is 7.91. The van der Waals surface area contributed by atoms with E-state index in [0.717, 1.165) is 24.0 Å². The van der Waals surface area contributed by atoms with Crippen LogP contribution >= 0.6 is 11.6 Å². The molecule has 282 valence electrons. The number of nitrogens with one attached hydrogen (secondary N) is 3. The molecule has 52 heavy (non-hydrogen) atoms. The van der Waals surface area contributed by atoms with Crippen molar-refractivity contribution in [3.8, 4) is 0 Å². The average Bonchev–Trinajstić information content (AvgIpc) is 3.88. The van der Waals surface area contributed by atoms with Gasteiger partial charge in [-0.15, -0.1) is 0 Å². The number of amides is 5. The molecule has 1 unspecified atom stereocenters. The van der Waals surface area contributed by atoms with E-state index in [1.54, 1.807) is 12.1 Å². The SMILES string of the molecule is O=C(N[C@H]1CCCCC/C=C\[C@H]2C[C@@]2(C(=O)NS(=O)(=O)C2CC2)NC(=O)[C@@H]2C[C@@H](OC(=O)N3Cc4cccc(Cl)c4C3)CN2C1=O)OC1CCOC1. The zero-order chi connectivity index (χ0) is 36.6. The molecule has 0 bridgehead atoms.